The summed E-state index contributed by atoms with van der Waals surface area (Å²) in [6.07, 6.45) is 0. The van der Waals surface area contributed by atoms with Crippen molar-refractivity contribution in [2.75, 3.05) is 11.9 Å². The van der Waals surface area contributed by atoms with Crippen LogP contribution in [-0.4, -0.2) is 12.5 Å². The lowest BCUT2D eigenvalue weighted by molar-refractivity contribution is -0.119. The number of rotatable bonds is 5. The van der Waals surface area contributed by atoms with Gasteiger partial charge in [0.15, 0.2) is 0 Å². The maximum atomic E-state index is 12.8. The lowest BCUT2D eigenvalue weighted by Gasteiger charge is -2.11. The molecular formula is C16H16ClFN2O. The minimum Gasteiger partial charge on any atom is -0.376 e. The first-order valence-corrected chi connectivity index (χ1v) is 6.94. The number of halogens is 2. The molecule has 2 rings (SSSR count). The van der Waals surface area contributed by atoms with Crippen LogP contribution in [0, 0.1) is 12.7 Å². The highest BCUT2D eigenvalue weighted by molar-refractivity contribution is 6.31. The quantitative estimate of drug-likeness (QED) is 0.887. The number of carbonyl (C=O) groups excluding carboxylic acids is 1. The van der Waals surface area contributed by atoms with E-state index in [2.05, 4.69) is 10.6 Å². The van der Waals surface area contributed by atoms with E-state index in [4.69, 9.17) is 11.6 Å². The zero-order valence-corrected chi connectivity index (χ0v) is 12.4. The van der Waals surface area contributed by atoms with Gasteiger partial charge in [0.05, 0.1) is 6.54 Å². The molecule has 0 aliphatic heterocycles. The Kier molecular flexibility index (Phi) is 5.17. The van der Waals surface area contributed by atoms with Crippen LogP contribution in [0.15, 0.2) is 42.5 Å². The molecule has 5 heteroatoms. The fourth-order valence-electron chi connectivity index (χ4n) is 1.84. The van der Waals surface area contributed by atoms with E-state index in [9.17, 15) is 9.18 Å². The minimum atomic E-state index is -0.289. The molecule has 0 unspecified atom stereocenters. The SMILES string of the molecule is Cc1c(Cl)cccc1NCC(=O)NCc1ccc(F)cc1. The van der Waals surface area contributed by atoms with Gasteiger partial charge >= 0.3 is 0 Å². The zero-order valence-electron chi connectivity index (χ0n) is 11.6. The summed E-state index contributed by atoms with van der Waals surface area (Å²) in [5, 5.41) is 6.47. The van der Waals surface area contributed by atoms with Crippen LogP contribution in [0.3, 0.4) is 0 Å². The molecule has 110 valence electrons. The zero-order chi connectivity index (χ0) is 15.2. The van der Waals surface area contributed by atoms with Crippen LogP contribution < -0.4 is 10.6 Å². The summed E-state index contributed by atoms with van der Waals surface area (Å²) >= 11 is 6.01. The number of amides is 1. The van der Waals surface area contributed by atoms with Gasteiger partial charge in [-0.25, -0.2) is 4.39 Å². The number of nitrogens with one attached hydrogen (secondary N) is 2. The number of carbonyl (C=O) groups is 1. The molecule has 0 aliphatic carbocycles. The summed E-state index contributed by atoms with van der Waals surface area (Å²) in [5.41, 5.74) is 2.59. The van der Waals surface area contributed by atoms with E-state index in [1.165, 1.54) is 12.1 Å². The predicted octanol–water partition coefficient (Wildman–Crippen LogP) is 3.52. The van der Waals surface area contributed by atoms with Gasteiger partial charge in [-0.15, -0.1) is 0 Å². The smallest absolute Gasteiger partial charge is 0.239 e. The molecule has 0 atom stereocenters. The topological polar surface area (TPSA) is 41.1 Å². The van der Waals surface area contributed by atoms with E-state index >= 15 is 0 Å². The third-order valence-electron chi connectivity index (χ3n) is 3.11. The maximum absolute atomic E-state index is 12.8. The predicted molar refractivity (Wildman–Crippen MR) is 82.9 cm³/mol. The highest BCUT2D eigenvalue weighted by Gasteiger charge is 2.05. The van der Waals surface area contributed by atoms with Crippen molar-refractivity contribution >= 4 is 23.2 Å². The molecule has 1 amide bonds. The van der Waals surface area contributed by atoms with E-state index < -0.39 is 0 Å². The van der Waals surface area contributed by atoms with Crippen molar-refractivity contribution in [1.29, 1.82) is 0 Å². The van der Waals surface area contributed by atoms with Crippen molar-refractivity contribution in [3.63, 3.8) is 0 Å². The number of benzene rings is 2. The molecule has 0 saturated heterocycles. The summed E-state index contributed by atoms with van der Waals surface area (Å²) in [5.74, 6) is -0.429. The Labute approximate surface area is 128 Å². The maximum Gasteiger partial charge on any atom is 0.239 e. The molecule has 0 fully saturated rings. The van der Waals surface area contributed by atoms with Gasteiger partial charge in [0.1, 0.15) is 5.82 Å². The Bertz CT molecular complexity index is 629. The van der Waals surface area contributed by atoms with E-state index in [0.29, 0.717) is 11.6 Å². The first-order chi connectivity index (χ1) is 10.1. The number of hydrogen-bond acceptors (Lipinski definition) is 2. The average Bonchev–Trinajstić information content (AvgIpc) is 2.48. The lowest BCUT2D eigenvalue weighted by Crippen LogP contribution is -2.29. The molecule has 2 aromatic rings. The van der Waals surface area contributed by atoms with Crippen LogP contribution in [0.5, 0.6) is 0 Å². The summed E-state index contributed by atoms with van der Waals surface area (Å²) in [4.78, 5) is 11.8. The van der Waals surface area contributed by atoms with Gasteiger partial charge in [-0.1, -0.05) is 29.8 Å². The molecular weight excluding hydrogens is 291 g/mol. The summed E-state index contributed by atoms with van der Waals surface area (Å²) in [6.45, 7) is 2.42. The molecule has 0 aliphatic rings. The van der Waals surface area contributed by atoms with E-state index in [1.807, 2.05) is 19.1 Å². The lowest BCUT2D eigenvalue weighted by atomic mass is 10.2. The summed E-state index contributed by atoms with van der Waals surface area (Å²) in [7, 11) is 0. The van der Waals surface area contributed by atoms with Gasteiger partial charge < -0.3 is 10.6 Å². The Balaban J connectivity index is 1.82. The summed E-state index contributed by atoms with van der Waals surface area (Å²) in [6, 6.07) is 11.5. The van der Waals surface area contributed by atoms with E-state index in [1.54, 1.807) is 18.2 Å². The van der Waals surface area contributed by atoms with Crippen LogP contribution in [0.2, 0.25) is 5.02 Å². The first-order valence-electron chi connectivity index (χ1n) is 6.56. The largest absolute Gasteiger partial charge is 0.376 e. The highest BCUT2D eigenvalue weighted by atomic mass is 35.5. The van der Waals surface area contributed by atoms with Gasteiger partial charge in [-0.2, -0.15) is 0 Å². The van der Waals surface area contributed by atoms with Crippen LogP contribution in [0.25, 0.3) is 0 Å². The second kappa shape index (κ2) is 7.09. The van der Waals surface area contributed by atoms with Crippen LogP contribution in [0.1, 0.15) is 11.1 Å². The molecule has 2 aromatic carbocycles. The highest BCUT2D eigenvalue weighted by Crippen LogP contribution is 2.22. The van der Waals surface area contributed by atoms with Gasteiger partial charge in [-0.3, -0.25) is 4.79 Å². The molecule has 21 heavy (non-hydrogen) atoms. The molecule has 0 bridgehead atoms. The Morgan fingerprint density at radius 1 is 1.19 bits per heavy atom. The second-order valence-electron chi connectivity index (χ2n) is 4.67. The molecule has 0 aromatic heterocycles. The van der Waals surface area contributed by atoms with Crippen LogP contribution in [0.4, 0.5) is 10.1 Å². The van der Waals surface area contributed by atoms with Gasteiger partial charge in [0.2, 0.25) is 5.91 Å². The van der Waals surface area contributed by atoms with Crippen molar-refractivity contribution in [2.45, 2.75) is 13.5 Å². The van der Waals surface area contributed by atoms with Crippen LogP contribution >= 0.6 is 11.6 Å². The number of anilines is 1. The first kappa shape index (κ1) is 15.3. The Morgan fingerprint density at radius 2 is 1.90 bits per heavy atom. The van der Waals surface area contributed by atoms with Gasteiger partial charge in [0, 0.05) is 17.3 Å². The Morgan fingerprint density at radius 3 is 2.62 bits per heavy atom. The molecule has 0 saturated carbocycles. The Hall–Kier alpha value is -2.07. The average molecular weight is 307 g/mol. The number of hydrogen-bond donors (Lipinski definition) is 2. The fraction of sp³-hybridized carbons (Fsp3) is 0.188. The van der Waals surface area contributed by atoms with Crippen molar-refractivity contribution in [2.24, 2.45) is 0 Å². The van der Waals surface area contributed by atoms with Gasteiger partial charge in [0.25, 0.3) is 0 Å². The van der Waals surface area contributed by atoms with Crippen LogP contribution in [-0.2, 0) is 11.3 Å². The molecule has 0 spiro atoms. The van der Waals surface area contributed by atoms with Crippen molar-refractivity contribution in [1.82, 2.24) is 5.32 Å². The monoisotopic (exact) mass is 306 g/mol. The van der Waals surface area contributed by atoms with Crippen molar-refractivity contribution in [3.8, 4) is 0 Å². The van der Waals surface area contributed by atoms with E-state index in [-0.39, 0.29) is 18.3 Å². The van der Waals surface area contributed by atoms with E-state index in [0.717, 1.165) is 16.8 Å². The molecule has 0 radical (unpaired) electrons. The van der Waals surface area contributed by atoms with Crippen molar-refractivity contribution < 1.29 is 9.18 Å². The third-order valence-corrected chi connectivity index (χ3v) is 3.52. The fourth-order valence-corrected chi connectivity index (χ4v) is 2.01. The van der Waals surface area contributed by atoms with Gasteiger partial charge in [-0.05, 0) is 42.3 Å². The molecule has 3 nitrogen and oxygen atoms in total. The van der Waals surface area contributed by atoms with Crippen molar-refractivity contribution in [3.05, 3.63) is 64.4 Å². The second-order valence-corrected chi connectivity index (χ2v) is 5.08. The third kappa shape index (κ3) is 4.46. The molecule has 0 heterocycles. The minimum absolute atomic E-state index is 0.140. The summed E-state index contributed by atoms with van der Waals surface area (Å²) < 4.78 is 12.8. The normalized spacial score (nSPS) is 10.2. The molecule has 2 N–H and O–H groups in total. The standard InChI is InChI=1S/C16H16ClFN2O/c1-11-14(17)3-2-4-15(11)19-10-16(21)20-9-12-5-7-13(18)8-6-12/h2-8,19H,9-10H2,1H3,(H,20,21).